The number of pyridine rings is 1. The number of hydrogen-bond donors (Lipinski definition) is 2. The number of nitrogens with one attached hydrogen (secondary N) is 2. The first-order valence-electron chi connectivity index (χ1n) is 8.29. The summed E-state index contributed by atoms with van der Waals surface area (Å²) < 4.78 is 19.7. The molecular formula is C20H16Cl2FN3OS. The van der Waals surface area contributed by atoms with Crippen LogP contribution in [0.5, 0.6) is 5.75 Å². The smallest absolute Gasteiger partial charge is 0.176 e. The monoisotopic (exact) mass is 435 g/mol. The number of rotatable bonds is 5. The summed E-state index contributed by atoms with van der Waals surface area (Å²) in [5.41, 5.74) is 1.82. The third kappa shape index (κ3) is 5.32. The lowest BCUT2D eigenvalue weighted by molar-refractivity contribution is 0.300. The van der Waals surface area contributed by atoms with Gasteiger partial charge in [0.2, 0.25) is 0 Å². The fraction of sp³-hybridized carbons (Fsp3) is 0.100. The SMILES string of the molecule is Cc1ccc(OCc2c(F)cccc2Cl)c(NC(=S)Nc2ccc(Cl)cc2)n1. The average Bonchev–Trinajstić information content (AvgIpc) is 2.64. The standard InChI is InChI=1S/C20H16Cl2FN3OS/c1-12-5-10-18(27-11-15-16(22)3-2-4-17(15)23)19(24-12)26-20(28)25-14-8-6-13(21)7-9-14/h2-10H,11H2,1H3,(H2,24,25,26,28). The number of aromatic nitrogens is 1. The molecule has 144 valence electrons. The number of thiocarbonyl (C=S) groups is 1. The number of benzene rings is 2. The molecule has 0 saturated heterocycles. The van der Waals surface area contributed by atoms with Crippen molar-refractivity contribution in [1.82, 2.24) is 4.98 Å². The Hall–Kier alpha value is -2.41. The van der Waals surface area contributed by atoms with Crippen molar-refractivity contribution < 1.29 is 9.13 Å². The molecule has 0 aliphatic heterocycles. The maximum Gasteiger partial charge on any atom is 0.176 e. The molecule has 0 unspecified atom stereocenters. The molecule has 28 heavy (non-hydrogen) atoms. The van der Waals surface area contributed by atoms with E-state index in [9.17, 15) is 4.39 Å². The molecule has 0 radical (unpaired) electrons. The Bertz CT molecular complexity index is 979. The van der Waals surface area contributed by atoms with Crippen LogP contribution in [0.1, 0.15) is 11.3 Å². The van der Waals surface area contributed by atoms with E-state index in [-0.39, 0.29) is 12.2 Å². The number of aryl methyl sites for hydroxylation is 1. The highest BCUT2D eigenvalue weighted by Gasteiger charge is 2.12. The van der Waals surface area contributed by atoms with Crippen LogP contribution in [-0.2, 0) is 6.61 Å². The van der Waals surface area contributed by atoms with Gasteiger partial charge in [0.1, 0.15) is 12.4 Å². The summed E-state index contributed by atoms with van der Waals surface area (Å²) in [4.78, 5) is 4.41. The van der Waals surface area contributed by atoms with Gasteiger partial charge in [0.25, 0.3) is 0 Å². The summed E-state index contributed by atoms with van der Waals surface area (Å²) in [6.07, 6.45) is 0. The van der Waals surface area contributed by atoms with Crippen molar-refractivity contribution in [2.75, 3.05) is 10.6 Å². The van der Waals surface area contributed by atoms with Crippen LogP contribution in [0.2, 0.25) is 10.0 Å². The van der Waals surface area contributed by atoms with E-state index in [2.05, 4.69) is 15.6 Å². The van der Waals surface area contributed by atoms with Gasteiger partial charge in [-0.05, 0) is 67.7 Å². The predicted molar refractivity (Wildman–Crippen MR) is 116 cm³/mol. The van der Waals surface area contributed by atoms with Crippen LogP contribution in [0.15, 0.2) is 54.6 Å². The van der Waals surface area contributed by atoms with Gasteiger partial charge in [-0.3, -0.25) is 0 Å². The molecule has 0 amide bonds. The first-order chi connectivity index (χ1) is 13.4. The third-order valence-corrected chi connectivity index (χ3v) is 4.58. The minimum atomic E-state index is -0.429. The summed E-state index contributed by atoms with van der Waals surface area (Å²) in [5, 5.41) is 7.31. The molecule has 2 aromatic carbocycles. The van der Waals surface area contributed by atoms with Gasteiger partial charge in [-0.2, -0.15) is 0 Å². The van der Waals surface area contributed by atoms with Gasteiger partial charge in [-0.15, -0.1) is 0 Å². The number of anilines is 2. The minimum Gasteiger partial charge on any atom is -0.485 e. The maximum atomic E-state index is 14.0. The first kappa shape index (κ1) is 20.3. The Morgan fingerprint density at radius 1 is 1.07 bits per heavy atom. The van der Waals surface area contributed by atoms with Crippen molar-refractivity contribution in [3.63, 3.8) is 0 Å². The Labute approximate surface area is 177 Å². The normalized spacial score (nSPS) is 10.4. The zero-order valence-electron chi connectivity index (χ0n) is 14.8. The molecule has 0 aliphatic carbocycles. The lowest BCUT2D eigenvalue weighted by atomic mass is 10.2. The highest BCUT2D eigenvalue weighted by molar-refractivity contribution is 7.80. The fourth-order valence-corrected chi connectivity index (χ4v) is 2.93. The van der Waals surface area contributed by atoms with E-state index < -0.39 is 5.82 Å². The Kier molecular flexibility index (Phi) is 6.67. The maximum absolute atomic E-state index is 14.0. The van der Waals surface area contributed by atoms with Crippen molar-refractivity contribution in [3.8, 4) is 5.75 Å². The zero-order valence-corrected chi connectivity index (χ0v) is 17.1. The van der Waals surface area contributed by atoms with E-state index in [4.69, 9.17) is 40.2 Å². The molecule has 0 fully saturated rings. The zero-order chi connectivity index (χ0) is 20.1. The summed E-state index contributed by atoms with van der Waals surface area (Å²) in [7, 11) is 0. The molecule has 1 heterocycles. The third-order valence-electron chi connectivity index (χ3n) is 3.77. The average molecular weight is 436 g/mol. The van der Waals surface area contributed by atoms with Gasteiger partial charge in [0.15, 0.2) is 16.7 Å². The molecule has 4 nitrogen and oxygen atoms in total. The molecule has 3 rings (SSSR count). The van der Waals surface area contributed by atoms with E-state index in [1.807, 2.05) is 6.92 Å². The van der Waals surface area contributed by atoms with Crippen LogP contribution >= 0.6 is 35.4 Å². The molecule has 8 heteroatoms. The highest BCUT2D eigenvalue weighted by Crippen LogP contribution is 2.26. The van der Waals surface area contributed by atoms with Gasteiger partial charge in [0.05, 0.1) is 5.02 Å². The van der Waals surface area contributed by atoms with E-state index >= 15 is 0 Å². The van der Waals surface area contributed by atoms with Crippen molar-refractivity contribution in [2.24, 2.45) is 0 Å². The van der Waals surface area contributed by atoms with Crippen molar-refractivity contribution in [3.05, 3.63) is 81.7 Å². The van der Waals surface area contributed by atoms with Gasteiger partial charge in [0, 0.05) is 22.0 Å². The summed E-state index contributed by atoms with van der Waals surface area (Å²) in [6, 6.07) is 15.1. The van der Waals surface area contributed by atoms with E-state index in [1.54, 1.807) is 48.5 Å². The molecular weight excluding hydrogens is 420 g/mol. The van der Waals surface area contributed by atoms with Crippen molar-refractivity contribution in [2.45, 2.75) is 13.5 Å². The lowest BCUT2D eigenvalue weighted by Gasteiger charge is -2.15. The molecule has 0 bridgehead atoms. The highest BCUT2D eigenvalue weighted by atomic mass is 35.5. The molecule has 0 spiro atoms. The lowest BCUT2D eigenvalue weighted by Crippen LogP contribution is -2.20. The summed E-state index contributed by atoms with van der Waals surface area (Å²) >= 11 is 17.3. The molecule has 2 N–H and O–H groups in total. The topological polar surface area (TPSA) is 46.2 Å². The van der Waals surface area contributed by atoms with Gasteiger partial charge in [-0.25, -0.2) is 9.37 Å². The van der Waals surface area contributed by atoms with Crippen LogP contribution in [0, 0.1) is 12.7 Å². The Morgan fingerprint density at radius 3 is 2.54 bits per heavy atom. The van der Waals surface area contributed by atoms with Crippen LogP contribution in [-0.4, -0.2) is 10.1 Å². The van der Waals surface area contributed by atoms with Gasteiger partial charge >= 0.3 is 0 Å². The first-order valence-corrected chi connectivity index (χ1v) is 9.45. The number of hydrogen-bond acceptors (Lipinski definition) is 3. The van der Waals surface area contributed by atoms with E-state index in [0.717, 1.165) is 11.4 Å². The predicted octanol–water partition coefficient (Wildman–Crippen LogP) is 6.22. The van der Waals surface area contributed by atoms with E-state index in [1.165, 1.54) is 6.07 Å². The van der Waals surface area contributed by atoms with Crippen LogP contribution < -0.4 is 15.4 Å². The molecule has 3 aromatic rings. The fourth-order valence-electron chi connectivity index (χ4n) is 2.37. The number of nitrogens with zero attached hydrogens (tertiary/aromatic N) is 1. The summed E-state index contributed by atoms with van der Waals surface area (Å²) in [6.45, 7) is 1.81. The van der Waals surface area contributed by atoms with Crippen LogP contribution in [0.3, 0.4) is 0 Å². The Balaban J connectivity index is 1.73. The van der Waals surface area contributed by atoms with Crippen molar-refractivity contribution in [1.29, 1.82) is 0 Å². The molecule has 0 saturated carbocycles. The van der Waals surface area contributed by atoms with Crippen LogP contribution in [0.25, 0.3) is 0 Å². The molecule has 0 atom stereocenters. The van der Waals surface area contributed by atoms with E-state index in [0.29, 0.717) is 26.7 Å². The second-order valence-corrected chi connectivity index (χ2v) is 7.13. The summed E-state index contributed by atoms with van der Waals surface area (Å²) in [5.74, 6) is 0.408. The second kappa shape index (κ2) is 9.19. The van der Waals surface area contributed by atoms with Crippen molar-refractivity contribution >= 4 is 52.0 Å². The largest absolute Gasteiger partial charge is 0.485 e. The number of halogens is 3. The van der Waals surface area contributed by atoms with Gasteiger partial charge in [-0.1, -0.05) is 29.3 Å². The second-order valence-electron chi connectivity index (χ2n) is 5.87. The quantitative estimate of drug-likeness (QED) is 0.465. The molecule has 0 aliphatic rings. The minimum absolute atomic E-state index is 0.0394. The number of ether oxygens (including phenoxy) is 1. The van der Waals surface area contributed by atoms with Crippen LogP contribution in [0.4, 0.5) is 15.9 Å². The van der Waals surface area contributed by atoms with Gasteiger partial charge < -0.3 is 15.4 Å². The molecule has 1 aromatic heterocycles. The Morgan fingerprint density at radius 2 is 1.82 bits per heavy atom.